The molecule has 0 spiro atoms. The number of hydrogen-bond acceptors (Lipinski definition) is 2. The topological polar surface area (TPSA) is 41.1 Å². The molecule has 4 aromatic rings. The minimum Gasteiger partial charge on any atom is -0.291 e. The molecule has 0 bridgehead atoms. The van der Waals surface area contributed by atoms with E-state index in [1.165, 1.54) is 22.4 Å². The molecule has 5 rings (SSSR count). The van der Waals surface area contributed by atoms with Crippen LogP contribution >= 0.6 is 0 Å². The van der Waals surface area contributed by atoms with Crippen molar-refractivity contribution in [1.29, 1.82) is 5.26 Å². The lowest BCUT2D eigenvalue weighted by atomic mass is 9.81. The Labute approximate surface area is 152 Å². The van der Waals surface area contributed by atoms with Crippen molar-refractivity contribution in [3.63, 3.8) is 0 Å². The summed E-state index contributed by atoms with van der Waals surface area (Å²) < 4.78 is 2.21. The Balaban J connectivity index is 2.03. The number of benzene rings is 2. The fraction of sp³-hybridized carbons (Fsp3) is 0.217. The molecule has 0 N–H and O–H groups in total. The number of para-hydroxylation sites is 2. The van der Waals surface area contributed by atoms with Crippen molar-refractivity contribution in [3.05, 3.63) is 71.3 Å². The molecule has 0 fully saturated rings. The van der Waals surface area contributed by atoms with Gasteiger partial charge in [-0.15, -0.1) is 0 Å². The molecule has 2 aromatic carbocycles. The zero-order valence-corrected chi connectivity index (χ0v) is 14.7. The summed E-state index contributed by atoms with van der Waals surface area (Å²) >= 11 is 0. The molecule has 0 saturated carbocycles. The van der Waals surface area contributed by atoms with Crippen LogP contribution in [0.4, 0.5) is 0 Å². The van der Waals surface area contributed by atoms with Crippen LogP contribution in [0.1, 0.15) is 30.0 Å². The Bertz CT molecular complexity index is 1180. The van der Waals surface area contributed by atoms with Crippen molar-refractivity contribution in [2.24, 2.45) is 5.92 Å². The third-order valence-electron chi connectivity index (χ3n) is 5.56. The molecule has 0 saturated heterocycles. The van der Waals surface area contributed by atoms with E-state index in [1.807, 2.05) is 24.3 Å². The van der Waals surface area contributed by atoms with Crippen LogP contribution in [0.5, 0.6) is 0 Å². The predicted octanol–water partition coefficient (Wildman–Crippen LogP) is 5.15. The molecule has 3 heteroatoms. The van der Waals surface area contributed by atoms with Crippen LogP contribution < -0.4 is 0 Å². The van der Waals surface area contributed by atoms with Crippen LogP contribution in [0, 0.1) is 17.2 Å². The van der Waals surface area contributed by atoms with E-state index in [9.17, 15) is 5.26 Å². The predicted molar refractivity (Wildman–Crippen MR) is 104 cm³/mol. The molecule has 0 unspecified atom stereocenters. The van der Waals surface area contributed by atoms with Crippen LogP contribution in [-0.2, 0) is 12.8 Å². The Morgan fingerprint density at radius 1 is 1.04 bits per heavy atom. The van der Waals surface area contributed by atoms with Gasteiger partial charge in [0.05, 0.1) is 22.3 Å². The molecular weight excluding hydrogens is 318 g/mol. The highest BCUT2D eigenvalue weighted by molar-refractivity contribution is 5.87. The van der Waals surface area contributed by atoms with Crippen molar-refractivity contribution in [1.82, 2.24) is 9.38 Å². The maximum absolute atomic E-state index is 9.94. The highest BCUT2D eigenvalue weighted by Gasteiger charge is 2.27. The van der Waals surface area contributed by atoms with E-state index in [4.69, 9.17) is 4.98 Å². The number of nitrogens with zero attached hydrogens (tertiary/aromatic N) is 3. The molecule has 26 heavy (non-hydrogen) atoms. The average molecular weight is 337 g/mol. The van der Waals surface area contributed by atoms with Crippen molar-refractivity contribution in [2.75, 3.05) is 0 Å². The summed E-state index contributed by atoms with van der Waals surface area (Å²) in [6.07, 6.45) is 3.10. The Kier molecular flexibility index (Phi) is 3.33. The summed E-state index contributed by atoms with van der Waals surface area (Å²) in [4.78, 5) is 4.84. The lowest BCUT2D eigenvalue weighted by Gasteiger charge is -2.26. The molecule has 1 aliphatic carbocycles. The van der Waals surface area contributed by atoms with Gasteiger partial charge in [-0.05, 0) is 54.0 Å². The van der Waals surface area contributed by atoms with Gasteiger partial charge in [-0.1, -0.05) is 49.4 Å². The van der Waals surface area contributed by atoms with E-state index in [2.05, 4.69) is 47.7 Å². The maximum Gasteiger partial charge on any atom is 0.156 e. The van der Waals surface area contributed by atoms with Gasteiger partial charge in [-0.2, -0.15) is 5.26 Å². The molecule has 0 aliphatic heterocycles. The molecule has 0 radical (unpaired) electrons. The number of pyridine rings is 1. The minimum atomic E-state index is 0.628. The average Bonchev–Trinajstić information content (AvgIpc) is 3.05. The van der Waals surface area contributed by atoms with Gasteiger partial charge in [-0.25, -0.2) is 4.98 Å². The van der Waals surface area contributed by atoms with Crippen molar-refractivity contribution >= 4 is 16.7 Å². The standard InChI is InChI=1S/C23H19N3/c1-15-11-12-17-18(13-15)22(16-7-3-2-4-8-16)26-21-10-6-5-9-20(21)25-23(26)19(17)14-24/h2-10,15H,11-13H2,1H3/t15-/m1/s1. The summed E-state index contributed by atoms with van der Waals surface area (Å²) in [5, 5.41) is 9.94. The normalized spacial score (nSPS) is 16.5. The van der Waals surface area contributed by atoms with E-state index < -0.39 is 0 Å². The first-order valence-electron chi connectivity index (χ1n) is 9.18. The maximum atomic E-state index is 9.94. The van der Waals surface area contributed by atoms with Crippen LogP contribution in [0.2, 0.25) is 0 Å². The number of aromatic nitrogens is 2. The van der Waals surface area contributed by atoms with Gasteiger partial charge < -0.3 is 0 Å². The number of fused-ring (bicyclic) bond motifs is 4. The largest absolute Gasteiger partial charge is 0.291 e. The van der Waals surface area contributed by atoms with Gasteiger partial charge in [0.25, 0.3) is 0 Å². The fourth-order valence-electron chi connectivity index (χ4n) is 4.34. The lowest BCUT2D eigenvalue weighted by molar-refractivity contribution is 0.500. The van der Waals surface area contributed by atoms with Gasteiger partial charge >= 0.3 is 0 Å². The highest BCUT2D eigenvalue weighted by atomic mass is 15.0. The second-order valence-corrected chi connectivity index (χ2v) is 7.27. The van der Waals surface area contributed by atoms with Crippen molar-refractivity contribution in [2.45, 2.75) is 26.2 Å². The number of hydrogen-bond donors (Lipinski definition) is 0. The summed E-state index contributed by atoms with van der Waals surface area (Å²) in [5.41, 5.74) is 8.47. The van der Waals surface area contributed by atoms with Crippen LogP contribution in [0.3, 0.4) is 0 Å². The molecule has 3 nitrogen and oxygen atoms in total. The summed E-state index contributed by atoms with van der Waals surface area (Å²) in [6, 6.07) is 21.2. The molecule has 0 amide bonds. The van der Waals surface area contributed by atoms with Gasteiger partial charge in [-0.3, -0.25) is 4.40 Å². The van der Waals surface area contributed by atoms with Crippen molar-refractivity contribution < 1.29 is 0 Å². The Morgan fingerprint density at radius 3 is 2.62 bits per heavy atom. The first kappa shape index (κ1) is 15.2. The quantitative estimate of drug-likeness (QED) is 0.482. The number of imidazole rings is 1. The molecule has 1 atom stereocenters. The summed E-state index contributed by atoms with van der Waals surface area (Å²) in [5.74, 6) is 0.628. The third-order valence-corrected chi connectivity index (χ3v) is 5.56. The zero-order valence-electron chi connectivity index (χ0n) is 14.7. The van der Waals surface area contributed by atoms with Crippen LogP contribution in [-0.4, -0.2) is 9.38 Å². The fourth-order valence-corrected chi connectivity index (χ4v) is 4.34. The Hall–Kier alpha value is -3.12. The number of rotatable bonds is 1. The van der Waals surface area contributed by atoms with E-state index in [-0.39, 0.29) is 0 Å². The summed E-state index contributed by atoms with van der Waals surface area (Å²) in [7, 11) is 0. The smallest absolute Gasteiger partial charge is 0.156 e. The lowest BCUT2D eigenvalue weighted by Crippen LogP contribution is -2.17. The van der Waals surface area contributed by atoms with Crippen LogP contribution in [0.15, 0.2) is 54.6 Å². The molecule has 1 aliphatic rings. The van der Waals surface area contributed by atoms with Gasteiger partial charge in [0.2, 0.25) is 0 Å². The van der Waals surface area contributed by atoms with Crippen LogP contribution in [0.25, 0.3) is 27.9 Å². The summed E-state index contributed by atoms with van der Waals surface area (Å²) in [6.45, 7) is 2.31. The van der Waals surface area contributed by atoms with E-state index in [0.29, 0.717) is 5.92 Å². The van der Waals surface area contributed by atoms with Gasteiger partial charge in [0, 0.05) is 0 Å². The van der Waals surface area contributed by atoms with Gasteiger partial charge in [0.15, 0.2) is 5.65 Å². The Morgan fingerprint density at radius 2 is 1.81 bits per heavy atom. The van der Waals surface area contributed by atoms with E-state index >= 15 is 0 Å². The second-order valence-electron chi connectivity index (χ2n) is 7.27. The molecule has 126 valence electrons. The third kappa shape index (κ3) is 2.09. The van der Waals surface area contributed by atoms with E-state index in [0.717, 1.165) is 41.5 Å². The minimum absolute atomic E-state index is 0.628. The van der Waals surface area contributed by atoms with E-state index in [1.54, 1.807) is 0 Å². The first-order valence-corrected chi connectivity index (χ1v) is 9.18. The number of nitriles is 1. The zero-order chi connectivity index (χ0) is 17.7. The molecule has 2 aromatic heterocycles. The highest BCUT2D eigenvalue weighted by Crippen LogP contribution is 2.38. The van der Waals surface area contributed by atoms with Gasteiger partial charge in [0.1, 0.15) is 6.07 Å². The second kappa shape index (κ2) is 5.71. The monoisotopic (exact) mass is 337 g/mol. The van der Waals surface area contributed by atoms with Crippen molar-refractivity contribution in [3.8, 4) is 17.3 Å². The SMILES string of the molecule is C[C@@H]1CCc2c(c(-c3ccccc3)n3c(nc4ccccc43)c2C#N)C1. The first-order chi connectivity index (χ1) is 12.8. The molecule has 2 heterocycles. The molecular formula is C23H19N3.